The average Bonchev–Trinajstić information content (AvgIpc) is 2.26. The lowest BCUT2D eigenvalue weighted by molar-refractivity contribution is 0.0489. The van der Waals surface area contributed by atoms with Gasteiger partial charge in [0.05, 0.1) is 5.75 Å². The minimum Gasteiger partial charge on any atom is -0.444 e. The van der Waals surface area contributed by atoms with Gasteiger partial charge >= 0.3 is 6.09 Å². The topological polar surface area (TPSA) is 82.0 Å². The van der Waals surface area contributed by atoms with E-state index in [9.17, 15) is 13.9 Å². The Kier molecular flexibility index (Phi) is 6.12. The molecule has 0 aromatic rings. The fourth-order valence-corrected chi connectivity index (χ4v) is 3.77. The highest BCUT2D eigenvalue weighted by Crippen LogP contribution is 2.44. The van der Waals surface area contributed by atoms with Gasteiger partial charge in [-0.25, -0.2) is 9.10 Å². The van der Waals surface area contributed by atoms with E-state index in [2.05, 4.69) is 5.32 Å². The van der Waals surface area contributed by atoms with E-state index in [-0.39, 0.29) is 6.04 Å². The van der Waals surface area contributed by atoms with E-state index in [0.717, 1.165) is 6.42 Å². The molecule has 1 heterocycles. The summed E-state index contributed by atoms with van der Waals surface area (Å²) in [7, 11) is -2.62. The molecule has 0 radical (unpaired) electrons. The highest BCUT2D eigenvalue weighted by molar-refractivity contribution is 8.22. The first-order valence-corrected chi connectivity index (χ1v) is 8.82. The molecule has 120 valence electrons. The summed E-state index contributed by atoms with van der Waals surface area (Å²) in [6.07, 6.45) is 1.76. The van der Waals surface area contributed by atoms with Crippen molar-refractivity contribution in [3.8, 4) is 0 Å². The Bertz CT molecular complexity index is 323. The highest BCUT2D eigenvalue weighted by Gasteiger charge is 2.29. The van der Waals surface area contributed by atoms with Crippen LogP contribution in [0.1, 0.15) is 47.0 Å². The zero-order valence-electron chi connectivity index (χ0n) is 12.9. The van der Waals surface area contributed by atoms with Crippen LogP contribution in [0.25, 0.3) is 0 Å². The van der Waals surface area contributed by atoms with Gasteiger partial charge in [0.25, 0.3) is 0 Å². The Morgan fingerprint density at radius 2 is 1.90 bits per heavy atom. The number of amides is 1. The first-order valence-electron chi connectivity index (χ1n) is 7.14. The fourth-order valence-electron chi connectivity index (χ4n) is 2.17. The Morgan fingerprint density at radius 1 is 1.35 bits per heavy atom. The smallest absolute Gasteiger partial charge is 0.407 e. The molecule has 6 nitrogen and oxygen atoms in total. The van der Waals surface area contributed by atoms with Gasteiger partial charge in [-0.2, -0.15) is 0 Å². The van der Waals surface area contributed by atoms with Crippen LogP contribution in [0.4, 0.5) is 4.79 Å². The molecule has 0 atom stereocenters. The van der Waals surface area contributed by atoms with Crippen LogP contribution in [-0.4, -0.2) is 50.0 Å². The normalized spacial score (nSPS) is 19.7. The van der Waals surface area contributed by atoms with Crippen LogP contribution >= 0.6 is 10.8 Å². The minimum atomic E-state index is -2.62. The summed E-state index contributed by atoms with van der Waals surface area (Å²) < 4.78 is 27.0. The first-order chi connectivity index (χ1) is 9.14. The lowest BCUT2D eigenvalue weighted by Crippen LogP contribution is -2.46. The number of nitrogens with one attached hydrogen (secondary N) is 1. The van der Waals surface area contributed by atoms with Crippen LogP contribution in [0.15, 0.2) is 0 Å². The van der Waals surface area contributed by atoms with Crippen molar-refractivity contribution in [2.45, 2.75) is 58.6 Å². The predicted molar refractivity (Wildman–Crippen MR) is 82.0 cm³/mol. The molecule has 1 amide bonds. The number of piperidine rings is 1. The second kappa shape index (κ2) is 6.98. The molecule has 7 heteroatoms. The number of ether oxygens (including phenoxy) is 1. The molecule has 0 unspecified atom stereocenters. The maximum absolute atomic E-state index is 11.7. The van der Waals surface area contributed by atoms with Crippen LogP contribution < -0.4 is 5.32 Å². The van der Waals surface area contributed by atoms with Gasteiger partial charge < -0.3 is 10.1 Å². The van der Waals surface area contributed by atoms with Gasteiger partial charge in [0.1, 0.15) is 5.60 Å². The van der Waals surface area contributed by atoms with Crippen molar-refractivity contribution in [3.63, 3.8) is 0 Å². The van der Waals surface area contributed by atoms with Crippen molar-refractivity contribution in [2.75, 3.05) is 18.8 Å². The highest BCUT2D eigenvalue weighted by atomic mass is 32.3. The van der Waals surface area contributed by atoms with Crippen LogP contribution in [0.2, 0.25) is 0 Å². The maximum Gasteiger partial charge on any atom is 0.407 e. The van der Waals surface area contributed by atoms with Crippen LogP contribution in [0.5, 0.6) is 0 Å². The van der Waals surface area contributed by atoms with Gasteiger partial charge in [0.2, 0.25) is 0 Å². The van der Waals surface area contributed by atoms with Gasteiger partial charge in [-0.3, -0.25) is 9.11 Å². The van der Waals surface area contributed by atoms with Gasteiger partial charge in [-0.1, -0.05) is 6.92 Å². The lowest BCUT2D eigenvalue weighted by Gasteiger charge is -2.46. The molecule has 0 spiro atoms. The van der Waals surface area contributed by atoms with Gasteiger partial charge in [0, 0.05) is 19.1 Å². The Morgan fingerprint density at radius 3 is 2.35 bits per heavy atom. The van der Waals surface area contributed by atoms with Crippen molar-refractivity contribution >= 4 is 16.9 Å². The predicted octanol–water partition coefficient (Wildman–Crippen LogP) is 3.05. The van der Waals surface area contributed by atoms with Gasteiger partial charge in [-0.05, 0) is 40.0 Å². The van der Waals surface area contributed by atoms with Crippen molar-refractivity contribution in [3.05, 3.63) is 0 Å². The third-order valence-electron chi connectivity index (χ3n) is 3.07. The van der Waals surface area contributed by atoms with E-state index in [4.69, 9.17) is 4.74 Å². The van der Waals surface area contributed by atoms with Crippen LogP contribution in [0.3, 0.4) is 0 Å². The SMILES string of the molecule is CCCS(O)(O)N1CCC(NC(=O)OC(C)(C)C)CC1. The van der Waals surface area contributed by atoms with Gasteiger partial charge in [0.15, 0.2) is 0 Å². The molecule has 1 rings (SSSR count). The second-order valence-corrected chi connectivity index (χ2v) is 8.38. The van der Waals surface area contributed by atoms with E-state index in [1.165, 1.54) is 0 Å². The third-order valence-corrected chi connectivity index (χ3v) is 5.21. The molecule has 20 heavy (non-hydrogen) atoms. The van der Waals surface area contributed by atoms with E-state index in [0.29, 0.717) is 31.7 Å². The second-order valence-electron chi connectivity index (χ2n) is 6.19. The standard InChI is InChI=1S/C13H28N2O4S/c1-5-10-20(17,18)15-8-6-11(7-9-15)14-12(16)19-13(2,3)4/h11,17-18H,5-10H2,1-4H3,(H,14,16). The molecule has 1 aliphatic rings. The molecule has 0 aliphatic carbocycles. The van der Waals surface area contributed by atoms with Crippen LogP contribution in [-0.2, 0) is 4.74 Å². The molecular formula is C13H28N2O4S. The number of hydrogen-bond donors (Lipinski definition) is 3. The minimum absolute atomic E-state index is 0.0397. The van der Waals surface area contributed by atoms with Crippen LogP contribution in [0, 0.1) is 0 Å². The monoisotopic (exact) mass is 308 g/mol. The summed E-state index contributed by atoms with van der Waals surface area (Å²) in [5.74, 6) is 0.414. The first kappa shape index (κ1) is 17.6. The summed E-state index contributed by atoms with van der Waals surface area (Å²) in [6, 6.07) is 0.0397. The summed E-state index contributed by atoms with van der Waals surface area (Å²) in [6.45, 7) is 8.59. The Hall–Kier alpha value is -0.500. The number of rotatable bonds is 4. The van der Waals surface area contributed by atoms with E-state index in [1.54, 1.807) is 4.31 Å². The zero-order valence-corrected chi connectivity index (χ0v) is 13.7. The van der Waals surface area contributed by atoms with Crippen molar-refractivity contribution in [1.82, 2.24) is 9.62 Å². The average molecular weight is 308 g/mol. The molecule has 0 aromatic carbocycles. The molecule has 1 aliphatic heterocycles. The largest absolute Gasteiger partial charge is 0.444 e. The summed E-state index contributed by atoms with van der Waals surface area (Å²) in [5, 5.41) is 2.84. The summed E-state index contributed by atoms with van der Waals surface area (Å²) >= 11 is 0. The quantitative estimate of drug-likeness (QED) is 0.743. The lowest BCUT2D eigenvalue weighted by atomic mass is 10.1. The summed E-state index contributed by atoms with van der Waals surface area (Å²) in [5.41, 5.74) is -0.499. The van der Waals surface area contributed by atoms with E-state index >= 15 is 0 Å². The van der Waals surface area contributed by atoms with E-state index in [1.807, 2.05) is 27.7 Å². The molecule has 1 fully saturated rings. The number of carbonyl (C=O) groups is 1. The maximum atomic E-state index is 11.7. The molecule has 3 N–H and O–H groups in total. The molecule has 0 aromatic heterocycles. The molecule has 0 saturated carbocycles. The van der Waals surface area contributed by atoms with E-state index < -0.39 is 22.5 Å². The number of hydrogen-bond acceptors (Lipinski definition) is 5. The van der Waals surface area contributed by atoms with Crippen molar-refractivity contribution in [2.24, 2.45) is 0 Å². The fraction of sp³-hybridized carbons (Fsp3) is 0.923. The van der Waals surface area contributed by atoms with Crippen molar-refractivity contribution < 1.29 is 18.6 Å². The molecular weight excluding hydrogens is 280 g/mol. The Balaban J connectivity index is 2.37. The number of nitrogens with zero attached hydrogens (tertiary/aromatic N) is 1. The Labute approximate surface area is 123 Å². The zero-order chi connectivity index (χ0) is 15.4. The number of carbonyl (C=O) groups excluding carboxylic acids is 1. The number of alkyl carbamates (subject to hydrolysis) is 1. The van der Waals surface area contributed by atoms with Crippen molar-refractivity contribution in [1.29, 1.82) is 0 Å². The molecule has 1 saturated heterocycles. The molecule has 0 bridgehead atoms. The summed E-state index contributed by atoms with van der Waals surface area (Å²) in [4.78, 5) is 11.7. The third kappa shape index (κ3) is 5.87. The van der Waals surface area contributed by atoms with Gasteiger partial charge in [-0.15, -0.1) is 10.8 Å².